The summed E-state index contributed by atoms with van der Waals surface area (Å²) in [5.41, 5.74) is 2.11. The SMILES string of the molecule is C=C(CC(NC(=O)NC(CCC(=C)C(C)(C)C)C(C)(C)C)C(C)(C)C)N1C[C@H]2[C@@H](C1C(=O)NC(C)CC1CCC1)C2(C)C. The number of carbonyl (C=O) groups excluding carboxylic acids is 2. The number of rotatable bonds is 12. The zero-order valence-electron chi connectivity index (χ0n) is 29.9. The molecule has 6 nitrogen and oxygen atoms in total. The van der Waals surface area contributed by atoms with Gasteiger partial charge in [0.05, 0.1) is 0 Å². The van der Waals surface area contributed by atoms with Crippen molar-refractivity contribution < 1.29 is 9.59 Å². The second kappa shape index (κ2) is 12.8. The third-order valence-corrected chi connectivity index (χ3v) is 11.1. The van der Waals surface area contributed by atoms with Gasteiger partial charge in [0.2, 0.25) is 5.91 Å². The number of nitrogens with zero attached hydrogens (tertiary/aromatic N) is 1. The van der Waals surface area contributed by atoms with Crippen LogP contribution >= 0.6 is 0 Å². The molecule has 246 valence electrons. The van der Waals surface area contributed by atoms with Crippen LogP contribution in [-0.4, -0.2) is 47.6 Å². The summed E-state index contributed by atoms with van der Waals surface area (Å²) in [5, 5.41) is 10.0. The van der Waals surface area contributed by atoms with E-state index >= 15 is 0 Å². The van der Waals surface area contributed by atoms with Crippen molar-refractivity contribution in [2.45, 2.75) is 152 Å². The highest BCUT2D eigenvalue weighted by atomic mass is 16.2. The Balaban J connectivity index is 1.67. The molecule has 43 heavy (non-hydrogen) atoms. The predicted octanol–water partition coefficient (Wildman–Crippen LogP) is 8.05. The van der Waals surface area contributed by atoms with E-state index in [0.29, 0.717) is 18.3 Å². The summed E-state index contributed by atoms with van der Waals surface area (Å²) >= 11 is 0. The molecule has 1 aliphatic heterocycles. The lowest BCUT2D eigenvalue weighted by Gasteiger charge is -2.39. The molecule has 1 heterocycles. The minimum Gasteiger partial charge on any atom is -0.363 e. The van der Waals surface area contributed by atoms with Crippen molar-refractivity contribution in [2.24, 2.45) is 39.4 Å². The average molecular weight is 599 g/mol. The first-order valence-electron chi connectivity index (χ1n) is 17.0. The molecule has 0 bridgehead atoms. The highest BCUT2D eigenvalue weighted by molar-refractivity contribution is 5.84. The molecular formula is C37H66N4O2. The lowest BCUT2D eigenvalue weighted by Crippen LogP contribution is -2.54. The number of urea groups is 1. The number of nitrogens with one attached hydrogen (secondary N) is 3. The van der Waals surface area contributed by atoms with Crippen LogP contribution in [0.4, 0.5) is 4.79 Å². The van der Waals surface area contributed by atoms with Crippen LogP contribution in [0.3, 0.4) is 0 Å². The first kappa shape index (κ1) is 35.5. The van der Waals surface area contributed by atoms with Crippen LogP contribution in [0.15, 0.2) is 24.4 Å². The smallest absolute Gasteiger partial charge is 0.315 e. The summed E-state index contributed by atoms with van der Waals surface area (Å²) in [6.07, 6.45) is 7.32. The molecule has 2 saturated carbocycles. The monoisotopic (exact) mass is 599 g/mol. The average Bonchev–Trinajstić information content (AvgIpc) is 3.14. The molecule has 3 fully saturated rings. The second-order valence-electron chi connectivity index (χ2n) is 18.1. The van der Waals surface area contributed by atoms with Crippen molar-refractivity contribution in [3.8, 4) is 0 Å². The Bertz CT molecular complexity index is 1040. The topological polar surface area (TPSA) is 73.5 Å². The predicted molar refractivity (Wildman–Crippen MR) is 181 cm³/mol. The van der Waals surface area contributed by atoms with Gasteiger partial charge in [-0.05, 0) is 65.6 Å². The van der Waals surface area contributed by atoms with Gasteiger partial charge in [-0.25, -0.2) is 4.79 Å². The number of allylic oxidation sites excluding steroid dienone is 1. The van der Waals surface area contributed by atoms with Gasteiger partial charge in [-0.3, -0.25) is 4.79 Å². The van der Waals surface area contributed by atoms with Gasteiger partial charge in [0.25, 0.3) is 0 Å². The quantitative estimate of drug-likeness (QED) is 0.199. The summed E-state index contributed by atoms with van der Waals surface area (Å²) in [7, 11) is 0. The Hall–Kier alpha value is -1.98. The molecule has 1 saturated heterocycles. The molecule has 6 atom stereocenters. The Morgan fingerprint density at radius 1 is 0.907 bits per heavy atom. The maximum atomic E-state index is 13.8. The van der Waals surface area contributed by atoms with Crippen molar-refractivity contribution >= 4 is 11.9 Å². The number of carbonyl (C=O) groups is 2. The maximum absolute atomic E-state index is 13.8. The second-order valence-corrected chi connectivity index (χ2v) is 18.1. The van der Waals surface area contributed by atoms with Crippen LogP contribution in [0.25, 0.3) is 0 Å². The molecule has 6 heteroatoms. The number of fused-ring (bicyclic) bond motifs is 1. The molecule has 4 unspecified atom stereocenters. The van der Waals surface area contributed by atoms with Crippen molar-refractivity contribution in [2.75, 3.05) is 6.54 Å². The van der Waals surface area contributed by atoms with Crippen molar-refractivity contribution in [3.63, 3.8) is 0 Å². The van der Waals surface area contributed by atoms with Crippen molar-refractivity contribution in [1.82, 2.24) is 20.9 Å². The summed E-state index contributed by atoms with van der Waals surface area (Å²) in [6, 6.07) is -0.252. The summed E-state index contributed by atoms with van der Waals surface area (Å²) in [4.78, 5) is 29.5. The van der Waals surface area contributed by atoms with Gasteiger partial charge in [0.15, 0.2) is 0 Å². The molecule has 3 N–H and O–H groups in total. The Kier molecular flexibility index (Phi) is 10.6. The minimum atomic E-state index is -0.188. The zero-order valence-corrected chi connectivity index (χ0v) is 29.9. The summed E-state index contributed by atoms with van der Waals surface area (Å²) in [6.45, 7) is 36.0. The van der Waals surface area contributed by atoms with Gasteiger partial charge in [0.1, 0.15) is 6.04 Å². The van der Waals surface area contributed by atoms with Crippen molar-refractivity contribution in [3.05, 3.63) is 24.4 Å². The highest BCUT2D eigenvalue weighted by Crippen LogP contribution is 2.65. The van der Waals surface area contributed by atoms with Crippen LogP contribution < -0.4 is 16.0 Å². The first-order valence-corrected chi connectivity index (χ1v) is 17.0. The standard InChI is InChI=1S/C37H66N4O2/c1-23(34(4,5)6)18-19-28(35(7,8)9)39-33(43)40-29(36(10,11)12)21-25(3)41-22-27-30(37(27,13)14)31(41)32(42)38-24(2)20-26-16-15-17-26/h24,26-31H,1,3,15-22H2,2,4-14H3,(H,38,42)(H2,39,40,43)/t24?,27-,28?,29?,30-,31?/m0/s1. The Labute approximate surface area is 264 Å². The zero-order chi connectivity index (χ0) is 32.7. The minimum absolute atomic E-state index is 0.0124. The fourth-order valence-corrected chi connectivity index (χ4v) is 7.23. The number of hydrogen-bond acceptors (Lipinski definition) is 3. The van der Waals surface area contributed by atoms with Crippen LogP contribution in [0.2, 0.25) is 0 Å². The molecule has 3 rings (SSSR count). The van der Waals surface area contributed by atoms with Gasteiger partial charge in [-0.1, -0.05) is 114 Å². The van der Waals surface area contributed by atoms with Gasteiger partial charge in [0, 0.05) is 36.8 Å². The van der Waals surface area contributed by atoms with E-state index in [4.69, 9.17) is 0 Å². The largest absolute Gasteiger partial charge is 0.363 e. The normalized spacial score (nSPS) is 25.6. The lowest BCUT2D eigenvalue weighted by molar-refractivity contribution is -0.127. The molecule has 3 aliphatic rings. The van der Waals surface area contributed by atoms with E-state index in [2.05, 4.69) is 117 Å². The van der Waals surface area contributed by atoms with Gasteiger partial charge >= 0.3 is 6.03 Å². The molecule has 3 amide bonds. The van der Waals surface area contributed by atoms with Gasteiger partial charge in [-0.2, -0.15) is 0 Å². The van der Waals surface area contributed by atoms with E-state index in [1.807, 2.05) is 0 Å². The lowest BCUT2D eigenvalue weighted by atomic mass is 9.79. The Morgan fingerprint density at radius 2 is 1.47 bits per heavy atom. The summed E-state index contributed by atoms with van der Waals surface area (Å²) < 4.78 is 0. The highest BCUT2D eigenvalue weighted by Gasteiger charge is 2.68. The fourth-order valence-electron chi connectivity index (χ4n) is 7.23. The van der Waals surface area contributed by atoms with Gasteiger partial charge < -0.3 is 20.9 Å². The van der Waals surface area contributed by atoms with E-state index in [-0.39, 0.29) is 57.8 Å². The maximum Gasteiger partial charge on any atom is 0.315 e. The van der Waals surface area contributed by atoms with E-state index in [0.717, 1.165) is 37.4 Å². The number of amides is 3. The number of hydrogen-bond donors (Lipinski definition) is 3. The number of likely N-dealkylation sites (tertiary alicyclic amines) is 1. The number of piperidine rings is 1. The first-order chi connectivity index (χ1) is 19.5. The Morgan fingerprint density at radius 3 is 1.95 bits per heavy atom. The van der Waals surface area contributed by atoms with Crippen molar-refractivity contribution in [1.29, 1.82) is 0 Å². The van der Waals surface area contributed by atoms with Crippen LogP contribution in [0.1, 0.15) is 128 Å². The van der Waals surface area contributed by atoms with E-state index in [9.17, 15) is 9.59 Å². The van der Waals surface area contributed by atoms with E-state index < -0.39 is 0 Å². The molecule has 0 aromatic carbocycles. The van der Waals surface area contributed by atoms with Gasteiger partial charge in [-0.15, -0.1) is 0 Å². The molecular weight excluding hydrogens is 532 g/mol. The molecule has 2 aliphatic carbocycles. The third kappa shape index (κ3) is 8.81. The van der Waals surface area contributed by atoms with E-state index in [1.54, 1.807) is 0 Å². The third-order valence-electron chi connectivity index (χ3n) is 11.1. The van der Waals surface area contributed by atoms with Crippen LogP contribution in [0.5, 0.6) is 0 Å². The van der Waals surface area contributed by atoms with Crippen LogP contribution in [-0.2, 0) is 4.79 Å². The molecule has 0 radical (unpaired) electrons. The summed E-state index contributed by atoms with van der Waals surface area (Å²) in [5.74, 6) is 1.76. The molecule has 0 spiro atoms. The molecule has 0 aromatic rings. The van der Waals surface area contributed by atoms with Crippen LogP contribution in [0, 0.1) is 39.4 Å². The molecule has 0 aromatic heterocycles. The fraction of sp³-hybridized carbons (Fsp3) is 0.838. The van der Waals surface area contributed by atoms with E-state index in [1.165, 1.54) is 24.8 Å².